The zero-order chi connectivity index (χ0) is 19.8. The number of guanidine groups is 1. The van der Waals surface area contributed by atoms with Crippen LogP contribution in [0.3, 0.4) is 0 Å². The van der Waals surface area contributed by atoms with Crippen molar-refractivity contribution in [3.63, 3.8) is 0 Å². The molecule has 0 aromatic heterocycles. The standard InChI is InChI=1S/C20H32ClN5O/c1-22-20(25(4)15-16-9-5-6-10-17(16)21)23-12-8-14-26-13-7-11-18(26)19(27)24(2)3/h5-6,9-10,18H,7-8,11-15H2,1-4H3,(H,22,23). The minimum Gasteiger partial charge on any atom is -0.356 e. The number of nitrogens with zero attached hydrogens (tertiary/aromatic N) is 4. The Morgan fingerprint density at radius 2 is 2.07 bits per heavy atom. The molecule has 6 nitrogen and oxygen atoms in total. The SMILES string of the molecule is CN=C(NCCCN1CCCC1C(=O)N(C)C)N(C)Cc1ccccc1Cl. The Hall–Kier alpha value is -1.79. The van der Waals surface area contributed by atoms with Gasteiger partial charge in [0.1, 0.15) is 0 Å². The van der Waals surface area contributed by atoms with E-state index in [0.29, 0.717) is 6.54 Å². The molecule has 1 saturated heterocycles. The smallest absolute Gasteiger partial charge is 0.239 e. The third-order valence-electron chi connectivity index (χ3n) is 4.93. The molecule has 0 bridgehead atoms. The van der Waals surface area contributed by atoms with Crippen molar-refractivity contribution in [2.45, 2.75) is 31.8 Å². The molecule has 1 heterocycles. The molecule has 1 aliphatic rings. The summed E-state index contributed by atoms with van der Waals surface area (Å²) in [5.74, 6) is 1.06. The molecule has 0 saturated carbocycles. The highest BCUT2D eigenvalue weighted by molar-refractivity contribution is 6.31. The van der Waals surface area contributed by atoms with Crippen LogP contribution in [0.2, 0.25) is 5.02 Å². The first-order valence-corrected chi connectivity index (χ1v) is 9.92. The van der Waals surface area contributed by atoms with Crippen LogP contribution in [-0.4, -0.2) is 80.4 Å². The molecule has 0 spiro atoms. The number of benzene rings is 1. The van der Waals surface area contributed by atoms with Gasteiger partial charge in [0.05, 0.1) is 6.04 Å². The number of likely N-dealkylation sites (N-methyl/N-ethyl adjacent to an activating group) is 1. The highest BCUT2D eigenvalue weighted by Crippen LogP contribution is 2.19. The summed E-state index contributed by atoms with van der Waals surface area (Å²) >= 11 is 6.25. The lowest BCUT2D eigenvalue weighted by Gasteiger charge is -2.26. The van der Waals surface area contributed by atoms with E-state index in [-0.39, 0.29) is 11.9 Å². The molecule has 7 heteroatoms. The monoisotopic (exact) mass is 393 g/mol. The molecule has 1 aliphatic heterocycles. The van der Waals surface area contributed by atoms with E-state index in [1.807, 2.05) is 45.4 Å². The quantitative estimate of drug-likeness (QED) is 0.438. The van der Waals surface area contributed by atoms with E-state index < -0.39 is 0 Å². The molecule has 150 valence electrons. The van der Waals surface area contributed by atoms with E-state index in [0.717, 1.165) is 55.4 Å². The zero-order valence-corrected chi connectivity index (χ0v) is 17.7. The molecular weight excluding hydrogens is 362 g/mol. The lowest BCUT2D eigenvalue weighted by atomic mass is 10.2. The molecule has 1 amide bonds. The molecule has 1 N–H and O–H groups in total. The fourth-order valence-electron chi connectivity index (χ4n) is 3.50. The van der Waals surface area contributed by atoms with Gasteiger partial charge in [-0.3, -0.25) is 14.7 Å². The summed E-state index contributed by atoms with van der Waals surface area (Å²) in [7, 11) is 7.46. The van der Waals surface area contributed by atoms with Crippen LogP contribution < -0.4 is 5.32 Å². The maximum Gasteiger partial charge on any atom is 0.239 e. The Balaban J connectivity index is 1.78. The lowest BCUT2D eigenvalue weighted by molar-refractivity contribution is -0.133. The molecule has 1 unspecified atom stereocenters. The maximum atomic E-state index is 12.3. The Labute approximate surface area is 168 Å². The summed E-state index contributed by atoms with van der Waals surface area (Å²) in [6.07, 6.45) is 3.03. The van der Waals surface area contributed by atoms with Gasteiger partial charge >= 0.3 is 0 Å². The van der Waals surface area contributed by atoms with Crippen LogP contribution in [0, 0.1) is 0 Å². The number of nitrogens with one attached hydrogen (secondary N) is 1. The van der Waals surface area contributed by atoms with E-state index in [1.165, 1.54) is 0 Å². The number of carbonyl (C=O) groups excluding carboxylic acids is 1. The maximum absolute atomic E-state index is 12.3. The van der Waals surface area contributed by atoms with Gasteiger partial charge in [0.25, 0.3) is 0 Å². The number of aliphatic imine (C=N–C) groups is 1. The van der Waals surface area contributed by atoms with Crippen LogP contribution in [0.15, 0.2) is 29.3 Å². The van der Waals surface area contributed by atoms with Crippen LogP contribution in [0.4, 0.5) is 0 Å². The Bertz CT molecular complexity index is 649. The van der Waals surface area contributed by atoms with Gasteiger partial charge in [0.15, 0.2) is 5.96 Å². The van der Waals surface area contributed by atoms with Crippen molar-refractivity contribution in [2.24, 2.45) is 4.99 Å². The second-order valence-corrected chi connectivity index (χ2v) is 7.61. The first kappa shape index (κ1) is 21.5. The largest absolute Gasteiger partial charge is 0.356 e. The predicted molar refractivity (Wildman–Crippen MR) is 112 cm³/mol. The average molecular weight is 394 g/mol. The molecule has 27 heavy (non-hydrogen) atoms. The first-order valence-electron chi connectivity index (χ1n) is 9.54. The normalized spacial score (nSPS) is 17.8. The summed E-state index contributed by atoms with van der Waals surface area (Å²) in [5, 5.41) is 4.18. The van der Waals surface area contributed by atoms with Crippen molar-refractivity contribution < 1.29 is 4.79 Å². The van der Waals surface area contributed by atoms with Crippen molar-refractivity contribution in [3.8, 4) is 0 Å². The topological polar surface area (TPSA) is 51.2 Å². The van der Waals surface area contributed by atoms with Crippen molar-refractivity contribution in [1.29, 1.82) is 0 Å². The number of carbonyl (C=O) groups is 1. The van der Waals surface area contributed by atoms with Crippen LogP contribution in [0.5, 0.6) is 0 Å². The summed E-state index contributed by atoms with van der Waals surface area (Å²) in [4.78, 5) is 22.7. The molecule has 1 atom stereocenters. The van der Waals surface area contributed by atoms with Gasteiger partial charge in [-0.2, -0.15) is 0 Å². The van der Waals surface area contributed by atoms with Gasteiger partial charge in [-0.25, -0.2) is 0 Å². The summed E-state index contributed by atoms with van der Waals surface area (Å²) < 4.78 is 0. The molecule has 1 aromatic rings. The van der Waals surface area contributed by atoms with Gasteiger partial charge in [-0.1, -0.05) is 29.8 Å². The van der Waals surface area contributed by atoms with Crippen LogP contribution in [0.1, 0.15) is 24.8 Å². The molecular formula is C20H32ClN5O. The molecule has 0 aliphatic carbocycles. The average Bonchev–Trinajstić information content (AvgIpc) is 3.11. The Morgan fingerprint density at radius 3 is 2.74 bits per heavy atom. The minimum absolute atomic E-state index is 0.0437. The van der Waals surface area contributed by atoms with Gasteiger partial charge in [0.2, 0.25) is 5.91 Å². The Morgan fingerprint density at radius 1 is 1.33 bits per heavy atom. The van der Waals surface area contributed by atoms with Gasteiger partial charge in [0, 0.05) is 52.8 Å². The third-order valence-corrected chi connectivity index (χ3v) is 5.30. The highest BCUT2D eigenvalue weighted by Gasteiger charge is 2.30. The van der Waals surface area contributed by atoms with Crippen molar-refractivity contribution in [3.05, 3.63) is 34.9 Å². The fraction of sp³-hybridized carbons (Fsp3) is 0.600. The number of halogens is 1. The molecule has 2 rings (SSSR count). The number of rotatable bonds is 7. The predicted octanol–water partition coefficient (Wildman–Crippen LogP) is 2.29. The van der Waals surface area contributed by atoms with E-state index in [2.05, 4.69) is 20.1 Å². The number of amides is 1. The first-order chi connectivity index (χ1) is 12.9. The van der Waals surface area contributed by atoms with Gasteiger partial charge in [-0.05, 0) is 37.4 Å². The summed E-state index contributed by atoms with van der Waals surface area (Å²) in [6, 6.07) is 7.91. The third kappa shape index (κ3) is 6.11. The van der Waals surface area contributed by atoms with E-state index >= 15 is 0 Å². The van der Waals surface area contributed by atoms with Crippen molar-refractivity contribution in [2.75, 3.05) is 47.8 Å². The minimum atomic E-state index is 0.0437. The van der Waals surface area contributed by atoms with Crippen LogP contribution in [0.25, 0.3) is 0 Å². The van der Waals surface area contributed by atoms with Crippen LogP contribution >= 0.6 is 11.6 Å². The number of hydrogen-bond acceptors (Lipinski definition) is 3. The second-order valence-electron chi connectivity index (χ2n) is 7.20. The number of hydrogen-bond donors (Lipinski definition) is 1. The van der Waals surface area contributed by atoms with Gasteiger partial charge < -0.3 is 15.1 Å². The Kier molecular flexibility index (Phi) is 8.38. The molecule has 1 fully saturated rings. The van der Waals surface area contributed by atoms with Crippen molar-refractivity contribution in [1.82, 2.24) is 20.0 Å². The molecule has 0 radical (unpaired) electrons. The summed E-state index contributed by atoms with van der Waals surface area (Å²) in [5.41, 5.74) is 1.08. The van der Waals surface area contributed by atoms with Gasteiger partial charge in [-0.15, -0.1) is 0 Å². The molecule has 1 aromatic carbocycles. The summed E-state index contributed by atoms with van der Waals surface area (Å²) in [6.45, 7) is 3.44. The fourth-order valence-corrected chi connectivity index (χ4v) is 3.69. The number of likely N-dealkylation sites (tertiary alicyclic amines) is 1. The van der Waals surface area contributed by atoms with E-state index in [4.69, 9.17) is 11.6 Å². The highest BCUT2D eigenvalue weighted by atomic mass is 35.5. The lowest BCUT2D eigenvalue weighted by Crippen LogP contribution is -2.44. The second kappa shape index (κ2) is 10.5. The van der Waals surface area contributed by atoms with Crippen molar-refractivity contribution >= 4 is 23.5 Å². The van der Waals surface area contributed by atoms with E-state index in [1.54, 1.807) is 11.9 Å². The zero-order valence-electron chi connectivity index (χ0n) is 16.9. The van der Waals surface area contributed by atoms with Crippen LogP contribution in [-0.2, 0) is 11.3 Å². The van der Waals surface area contributed by atoms with E-state index in [9.17, 15) is 4.79 Å².